The molecule has 6 heteroatoms. The van der Waals surface area contributed by atoms with E-state index >= 15 is 0 Å². The Kier molecular flexibility index (Phi) is 4.44. The molecule has 1 amide bonds. The molecule has 0 saturated heterocycles. The highest BCUT2D eigenvalue weighted by Gasteiger charge is 2.26. The summed E-state index contributed by atoms with van der Waals surface area (Å²) < 4.78 is 7.94. The fourth-order valence-corrected chi connectivity index (χ4v) is 3.63. The summed E-state index contributed by atoms with van der Waals surface area (Å²) in [6, 6.07) is 13.7. The van der Waals surface area contributed by atoms with Gasteiger partial charge in [-0.3, -0.25) is 9.48 Å². The summed E-state index contributed by atoms with van der Waals surface area (Å²) in [6.07, 6.45) is 4.82. The number of nitrogens with zero attached hydrogens (tertiary/aromatic N) is 2. The Balaban J connectivity index is 1.53. The van der Waals surface area contributed by atoms with Gasteiger partial charge >= 0.3 is 0 Å². The largest absolute Gasteiger partial charge is 0.444 e. The van der Waals surface area contributed by atoms with Crippen molar-refractivity contribution in [3.63, 3.8) is 0 Å². The van der Waals surface area contributed by atoms with Crippen molar-refractivity contribution in [2.75, 3.05) is 0 Å². The van der Waals surface area contributed by atoms with E-state index in [2.05, 4.69) is 38.5 Å². The highest BCUT2D eigenvalue weighted by atomic mass is 79.9. The summed E-state index contributed by atoms with van der Waals surface area (Å²) in [5, 5.41) is 7.64. The Morgan fingerprint density at radius 1 is 1.28 bits per heavy atom. The van der Waals surface area contributed by atoms with E-state index in [-0.39, 0.29) is 11.9 Å². The molecule has 1 N–H and O–H groups in total. The van der Waals surface area contributed by atoms with Crippen LogP contribution in [0.3, 0.4) is 0 Å². The molecule has 0 saturated carbocycles. The van der Waals surface area contributed by atoms with Crippen molar-refractivity contribution < 1.29 is 9.21 Å². The summed E-state index contributed by atoms with van der Waals surface area (Å²) in [4.78, 5) is 12.4. The summed E-state index contributed by atoms with van der Waals surface area (Å²) in [6.45, 7) is 0.752. The van der Waals surface area contributed by atoms with Gasteiger partial charge in [-0.15, -0.1) is 0 Å². The predicted molar refractivity (Wildman–Crippen MR) is 97.3 cm³/mol. The smallest absolute Gasteiger partial charge is 0.287 e. The molecule has 25 heavy (non-hydrogen) atoms. The highest BCUT2D eigenvalue weighted by molar-refractivity contribution is 9.10. The van der Waals surface area contributed by atoms with Crippen molar-refractivity contribution in [1.82, 2.24) is 15.1 Å². The maximum absolute atomic E-state index is 12.4. The first-order chi connectivity index (χ1) is 12.2. The van der Waals surface area contributed by atoms with Gasteiger partial charge in [0.25, 0.3) is 5.91 Å². The Bertz CT molecular complexity index is 885. The van der Waals surface area contributed by atoms with E-state index < -0.39 is 0 Å². The van der Waals surface area contributed by atoms with Crippen LogP contribution in [0.4, 0.5) is 0 Å². The second-order valence-corrected chi connectivity index (χ2v) is 6.99. The number of hydrogen-bond acceptors (Lipinski definition) is 3. The van der Waals surface area contributed by atoms with E-state index in [0.29, 0.717) is 10.4 Å². The van der Waals surface area contributed by atoms with Gasteiger partial charge in [0.1, 0.15) is 0 Å². The third-order valence-corrected chi connectivity index (χ3v) is 4.97. The van der Waals surface area contributed by atoms with Gasteiger partial charge in [-0.25, -0.2) is 0 Å². The molecule has 2 heterocycles. The van der Waals surface area contributed by atoms with E-state index in [9.17, 15) is 4.79 Å². The zero-order valence-corrected chi connectivity index (χ0v) is 15.2. The molecule has 0 fully saturated rings. The number of furan rings is 1. The van der Waals surface area contributed by atoms with Crippen LogP contribution in [0.25, 0.3) is 0 Å². The van der Waals surface area contributed by atoms with Crippen molar-refractivity contribution in [3.05, 3.63) is 75.9 Å². The lowest BCUT2D eigenvalue weighted by atomic mass is 9.93. The molecule has 1 aromatic carbocycles. The minimum absolute atomic E-state index is 0.0235. The van der Waals surface area contributed by atoms with Gasteiger partial charge in [-0.2, -0.15) is 5.10 Å². The standard InChI is InChI=1S/C19H18BrN3O2/c20-18-10-9-17(25-18)19(24)22-15-7-4-8-16-14(15)11-21-23(16)12-13-5-2-1-3-6-13/h1-3,5-6,9-11,15H,4,7-8,12H2,(H,22,24)/t15-/m1/s1. The number of benzene rings is 1. The average Bonchev–Trinajstić information content (AvgIpc) is 3.23. The molecule has 128 valence electrons. The lowest BCUT2D eigenvalue weighted by Crippen LogP contribution is -2.30. The van der Waals surface area contributed by atoms with Crippen LogP contribution in [0.1, 0.15) is 46.3 Å². The zero-order valence-electron chi connectivity index (χ0n) is 13.6. The summed E-state index contributed by atoms with van der Waals surface area (Å²) in [5.41, 5.74) is 3.54. The van der Waals surface area contributed by atoms with Crippen LogP contribution in [0, 0.1) is 0 Å². The van der Waals surface area contributed by atoms with Crippen LogP contribution in [0.15, 0.2) is 57.7 Å². The first kappa shape index (κ1) is 16.1. The number of halogens is 1. The summed E-state index contributed by atoms with van der Waals surface area (Å²) >= 11 is 3.23. The topological polar surface area (TPSA) is 60.1 Å². The first-order valence-electron chi connectivity index (χ1n) is 8.35. The first-order valence-corrected chi connectivity index (χ1v) is 9.15. The summed E-state index contributed by atoms with van der Waals surface area (Å²) in [7, 11) is 0. The second kappa shape index (κ2) is 6.88. The normalized spacial score (nSPS) is 16.4. The monoisotopic (exact) mass is 399 g/mol. The maximum atomic E-state index is 12.4. The zero-order chi connectivity index (χ0) is 17.2. The van der Waals surface area contributed by atoms with Crippen molar-refractivity contribution in [1.29, 1.82) is 0 Å². The number of hydrogen-bond donors (Lipinski definition) is 1. The number of carbonyl (C=O) groups excluding carboxylic acids is 1. The summed E-state index contributed by atoms with van der Waals surface area (Å²) in [5.74, 6) is 0.120. The van der Waals surface area contributed by atoms with Crippen LogP contribution in [0.2, 0.25) is 0 Å². The van der Waals surface area contributed by atoms with Gasteiger partial charge in [0, 0.05) is 11.3 Å². The van der Waals surface area contributed by atoms with Crippen LogP contribution in [-0.4, -0.2) is 15.7 Å². The number of fused-ring (bicyclic) bond motifs is 1. The van der Waals surface area contributed by atoms with Crippen LogP contribution in [0.5, 0.6) is 0 Å². The molecule has 2 aromatic heterocycles. The maximum Gasteiger partial charge on any atom is 0.287 e. The molecule has 1 aliphatic rings. The molecular formula is C19H18BrN3O2. The SMILES string of the molecule is O=C(N[C@@H]1CCCc2c1cnn2Cc1ccccc1)c1ccc(Br)o1. The molecule has 1 aliphatic carbocycles. The van der Waals surface area contributed by atoms with Gasteiger partial charge < -0.3 is 9.73 Å². The number of nitrogens with one attached hydrogen (secondary N) is 1. The second-order valence-electron chi connectivity index (χ2n) is 6.21. The quantitative estimate of drug-likeness (QED) is 0.718. The molecule has 1 atom stereocenters. The van der Waals surface area contributed by atoms with E-state index in [0.717, 1.165) is 31.4 Å². The van der Waals surface area contributed by atoms with Crippen LogP contribution < -0.4 is 5.32 Å². The lowest BCUT2D eigenvalue weighted by Gasteiger charge is -2.24. The molecule has 0 aliphatic heterocycles. The Morgan fingerprint density at radius 2 is 2.12 bits per heavy atom. The van der Waals surface area contributed by atoms with Crippen LogP contribution >= 0.6 is 15.9 Å². The number of rotatable bonds is 4. The third kappa shape index (κ3) is 3.39. The van der Waals surface area contributed by atoms with Gasteiger partial charge in [-0.05, 0) is 52.9 Å². The van der Waals surface area contributed by atoms with Gasteiger partial charge in [0.2, 0.25) is 0 Å². The van der Waals surface area contributed by atoms with E-state index in [1.54, 1.807) is 12.1 Å². The number of carbonyl (C=O) groups is 1. The van der Waals surface area contributed by atoms with Crippen molar-refractivity contribution in [2.45, 2.75) is 31.8 Å². The molecule has 5 nitrogen and oxygen atoms in total. The fraction of sp³-hybridized carbons (Fsp3) is 0.263. The Labute approximate surface area is 154 Å². The molecule has 0 unspecified atom stereocenters. The van der Waals surface area contributed by atoms with Gasteiger partial charge in [-0.1, -0.05) is 30.3 Å². The molecule has 0 radical (unpaired) electrons. The van der Waals surface area contributed by atoms with E-state index in [1.807, 2.05) is 29.1 Å². The molecule has 0 bridgehead atoms. The van der Waals surface area contributed by atoms with Crippen molar-refractivity contribution in [3.8, 4) is 0 Å². The fourth-order valence-electron chi connectivity index (χ4n) is 3.33. The van der Waals surface area contributed by atoms with Crippen LogP contribution in [-0.2, 0) is 13.0 Å². The molecule has 4 rings (SSSR count). The van der Waals surface area contributed by atoms with E-state index in [1.165, 1.54) is 11.3 Å². The minimum atomic E-state index is -0.195. The van der Waals surface area contributed by atoms with Crippen molar-refractivity contribution in [2.24, 2.45) is 0 Å². The van der Waals surface area contributed by atoms with Crippen molar-refractivity contribution >= 4 is 21.8 Å². The highest BCUT2D eigenvalue weighted by Crippen LogP contribution is 2.30. The van der Waals surface area contributed by atoms with Gasteiger partial charge in [0.05, 0.1) is 18.8 Å². The third-order valence-electron chi connectivity index (χ3n) is 4.54. The van der Waals surface area contributed by atoms with Gasteiger partial charge in [0.15, 0.2) is 10.4 Å². The Hall–Kier alpha value is -2.34. The van der Waals surface area contributed by atoms with E-state index in [4.69, 9.17) is 4.42 Å². The number of amides is 1. The molecule has 3 aromatic rings. The predicted octanol–water partition coefficient (Wildman–Crippen LogP) is 4.09. The lowest BCUT2D eigenvalue weighted by molar-refractivity contribution is 0.0903. The number of aromatic nitrogens is 2. The molecule has 0 spiro atoms. The Morgan fingerprint density at radius 3 is 2.88 bits per heavy atom. The molecular weight excluding hydrogens is 382 g/mol. The minimum Gasteiger partial charge on any atom is -0.444 e. The average molecular weight is 400 g/mol.